The molecule has 3 rings (SSSR count). The largest absolute Gasteiger partial charge is 0.481 e. The zero-order chi connectivity index (χ0) is 13.0. The van der Waals surface area contributed by atoms with E-state index in [0.717, 1.165) is 10.5 Å². The molecule has 2 amide bonds. The fraction of sp³-hybridized carbons (Fsp3) is 0.308. The number of benzene rings is 1. The standard InChI is InChI=1S/C13H11NO4/c1-6-4-2-3-5-7(6)14-11(15)8-9(12(14)16)10(8)13(17)18/h2-5,8-10H,1H3,(H,17,18). The SMILES string of the molecule is Cc1ccccc1N1C(=O)C2C(C(=O)O)C2C1=O. The second-order valence-electron chi connectivity index (χ2n) is 4.71. The number of anilines is 1. The zero-order valence-electron chi connectivity index (χ0n) is 9.66. The number of carboxylic acid groups (broad SMARTS) is 1. The summed E-state index contributed by atoms with van der Waals surface area (Å²) in [5, 5.41) is 8.88. The van der Waals surface area contributed by atoms with Crippen LogP contribution in [0.25, 0.3) is 0 Å². The monoisotopic (exact) mass is 245 g/mol. The average molecular weight is 245 g/mol. The number of amides is 2. The molecule has 5 heteroatoms. The van der Waals surface area contributed by atoms with Crippen LogP contribution < -0.4 is 4.90 Å². The summed E-state index contributed by atoms with van der Waals surface area (Å²) in [5.41, 5.74) is 1.39. The van der Waals surface area contributed by atoms with E-state index in [4.69, 9.17) is 5.11 Å². The lowest BCUT2D eigenvalue weighted by Crippen LogP contribution is -2.36. The van der Waals surface area contributed by atoms with Crippen LogP contribution in [0.15, 0.2) is 24.3 Å². The first-order valence-corrected chi connectivity index (χ1v) is 5.70. The topological polar surface area (TPSA) is 74.7 Å². The van der Waals surface area contributed by atoms with E-state index < -0.39 is 23.7 Å². The lowest BCUT2D eigenvalue weighted by atomic mass is 10.1. The summed E-state index contributed by atoms with van der Waals surface area (Å²) in [7, 11) is 0. The van der Waals surface area contributed by atoms with Gasteiger partial charge in [-0.15, -0.1) is 0 Å². The Morgan fingerprint density at radius 2 is 1.72 bits per heavy atom. The van der Waals surface area contributed by atoms with Gasteiger partial charge in [-0.25, -0.2) is 4.90 Å². The van der Waals surface area contributed by atoms with E-state index in [-0.39, 0.29) is 11.8 Å². The van der Waals surface area contributed by atoms with E-state index in [0.29, 0.717) is 5.69 Å². The van der Waals surface area contributed by atoms with Crippen molar-refractivity contribution in [1.82, 2.24) is 0 Å². The summed E-state index contributed by atoms with van der Waals surface area (Å²) in [5.74, 6) is -3.95. The maximum Gasteiger partial charge on any atom is 0.308 e. The molecule has 1 aliphatic carbocycles. The maximum absolute atomic E-state index is 12.1. The summed E-state index contributed by atoms with van der Waals surface area (Å²) >= 11 is 0. The van der Waals surface area contributed by atoms with Crippen LogP contribution in [0.5, 0.6) is 0 Å². The highest BCUT2D eigenvalue weighted by molar-refractivity contribution is 6.27. The summed E-state index contributed by atoms with van der Waals surface area (Å²) in [6, 6.07) is 7.09. The molecule has 1 heterocycles. The van der Waals surface area contributed by atoms with Crippen molar-refractivity contribution in [3.8, 4) is 0 Å². The quantitative estimate of drug-likeness (QED) is 0.782. The van der Waals surface area contributed by atoms with Crippen molar-refractivity contribution in [3.05, 3.63) is 29.8 Å². The van der Waals surface area contributed by atoms with Gasteiger partial charge in [0.15, 0.2) is 0 Å². The van der Waals surface area contributed by atoms with Crippen molar-refractivity contribution in [3.63, 3.8) is 0 Å². The number of imide groups is 1. The van der Waals surface area contributed by atoms with Crippen molar-refractivity contribution in [2.75, 3.05) is 4.90 Å². The van der Waals surface area contributed by atoms with Crippen molar-refractivity contribution in [1.29, 1.82) is 0 Å². The lowest BCUT2D eigenvalue weighted by molar-refractivity contribution is -0.142. The molecule has 92 valence electrons. The number of hydrogen-bond acceptors (Lipinski definition) is 3. The predicted molar refractivity (Wildman–Crippen MR) is 61.8 cm³/mol. The number of fused-ring (bicyclic) bond motifs is 1. The first-order chi connectivity index (χ1) is 8.54. The van der Waals surface area contributed by atoms with Crippen LogP contribution in [0.3, 0.4) is 0 Å². The van der Waals surface area contributed by atoms with Gasteiger partial charge in [0.05, 0.1) is 23.4 Å². The molecule has 1 aromatic rings. The van der Waals surface area contributed by atoms with Gasteiger partial charge in [0.25, 0.3) is 0 Å². The second kappa shape index (κ2) is 3.41. The number of hydrogen-bond donors (Lipinski definition) is 1. The summed E-state index contributed by atoms with van der Waals surface area (Å²) in [4.78, 5) is 36.1. The Morgan fingerprint density at radius 1 is 1.17 bits per heavy atom. The Hall–Kier alpha value is -2.17. The molecule has 0 aromatic heterocycles. The van der Waals surface area contributed by atoms with Gasteiger partial charge in [-0.3, -0.25) is 14.4 Å². The van der Waals surface area contributed by atoms with Crippen molar-refractivity contribution in [2.45, 2.75) is 6.92 Å². The van der Waals surface area contributed by atoms with Crippen LogP contribution in [-0.2, 0) is 14.4 Å². The molecule has 1 saturated heterocycles. The van der Waals surface area contributed by atoms with Gasteiger partial charge in [0.1, 0.15) is 0 Å². The Bertz CT molecular complexity index is 558. The van der Waals surface area contributed by atoms with E-state index in [1.165, 1.54) is 0 Å². The predicted octanol–water partition coefficient (Wildman–Crippen LogP) is 0.815. The summed E-state index contributed by atoms with van der Waals surface area (Å²) < 4.78 is 0. The lowest BCUT2D eigenvalue weighted by Gasteiger charge is -2.19. The van der Waals surface area contributed by atoms with Gasteiger partial charge in [0.2, 0.25) is 11.8 Å². The highest BCUT2D eigenvalue weighted by Gasteiger charge is 2.70. The second-order valence-corrected chi connectivity index (χ2v) is 4.71. The van der Waals surface area contributed by atoms with Gasteiger partial charge >= 0.3 is 5.97 Å². The minimum absolute atomic E-state index is 0.383. The minimum atomic E-state index is -1.06. The molecule has 1 aromatic carbocycles. The molecular formula is C13H11NO4. The molecular weight excluding hydrogens is 234 g/mol. The molecule has 1 aliphatic heterocycles. The molecule has 2 atom stereocenters. The number of piperidine rings is 1. The fourth-order valence-corrected chi connectivity index (χ4v) is 2.69. The molecule has 5 nitrogen and oxygen atoms in total. The van der Waals surface area contributed by atoms with Crippen LogP contribution >= 0.6 is 0 Å². The number of para-hydroxylation sites is 1. The molecule has 18 heavy (non-hydrogen) atoms. The van der Waals surface area contributed by atoms with Crippen LogP contribution in [0.2, 0.25) is 0 Å². The third-order valence-electron chi connectivity index (χ3n) is 3.67. The van der Waals surface area contributed by atoms with Crippen LogP contribution in [0.4, 0.5) is 5.69 Å². The number of rotatable bonds is 2. The Labute approximate surface area is 103 Å². The first-order valence-electron chi connectivity index (χ1n) is 5.70. The highest BCUT2D eigenvalue weighted by atomic mass is 16.4. The van der Waals surface area contributed by atoms with Crippen LogP contribution in [-0.4, -0.2) is 22.9 Å². The van der Waals surface area contributed by atoms with Crippen LogP contribution in [0.1, 0.15) is 5.56 Å². The third-order valence-corrected chi connectivity index (χ3v) is 3.67. The molecule has 1 N–H and O–H groups in total. The van der Waals surface area contributed by atoms with E-state index in [2.05, 4.69) is 0 Å². The van der Waals surface area contributed by atoms with Crippen LogP contribution in [0, 0.1) is 24.7 Å². The highest BCUT2D eigenvalue weighted by Crippen LogP contribution is 2.54. The maximum atomic E-state index is 12.1. The molecule has 2 fully saturated rings. The van der Waals surface area contributed by atoms with Crippen molar-refractivity contribution >= 4 is 23.5 Å². The Morgan fingerprint density at radius 3 is 2.22 bits per heavy atom. The fourth-order valence-electron chi connectivity index (χ4n) is 2.69. The van der Waals surface area contributed by atoms with Crippen molar-refractivity contribution in [2.24, 2.45) is 17.8 Å². The zero-order valence-corrected chi connectivity index (χ0v) is 9.66. The molecule has 0 spiro atoms. The Balaban J connectivity index is 1.95. The van der Waals surface area contributed by atoms with Gasteiger partial charge in [-0.2, -0.15) is 0 Å². The van der Waals surface area contributed by atoms with Gasteiger partial charge in [0, 0.05) is 0 Å². The van der Waals surface area contributed by atoms with Crippen molar-refractivity contribution < 1.29 is 19.5 Å². The smallest absolute Gasteiger partial charge is 0.308 e. The molecule has 0 radical (unpaired) electrons. The minimum Gasteiger partial charge on any atom is -0.481 e. The number of carboxylic acids is 1. The number of carbonyl (C=O) groups is 3. The third kappa shape index (κ3) is 1.24. The van der Waals surface area contributed by atoms with E-state index in [9.17, 15) is 14.4 Å². The number of aryl methyl sites for hydroxylation is 1. The summed E-state index contributed by atoms with van der Waals surface area (Å²) in [6.45, 7) is 1.81. The number of carbonyl (C=O) groups excluding carboxylic acids is 2. The van der Waals surface area contributed by atoms with Gasteiger partial charge in [-0.1, -0.05) is 18.2 Å². The molecule has 2 unspecified atom stereocenters. The average Bonchev–Trinajstić information content (AvgIpc) is 3.01. The van der Waals surface area contributed by atoms with Gasteiger partial charge in [-0.05, 0) is 18.6 Å². The first kappa shape index (κ1) is 11.0. The van der Waals surface area contributed by atoms with E-state index >= 15 is 0 Å². The molecule has 0 bridgehead atoms. The normalized spacial score (nSPS) is 29.4. The number of nitrogens with zero attached hydrogens (tertiary/aromatic N) is 1. The number of aliphatic carboxylic acids is 1. The van der Waals surface area contributed by atoms with E-state index in [1.54, 1.807) is 12.1 Å². The van der Waals surface area contributed by atoms with Gasteiger partial charge < -0.3 is 5.11 Å². The molecule has 2 aliphatic rings. The Kier molecular flexibility index (Phi) is 2.08. The van der Waals surface area contributed by atoms with E-state index in [1.807, 2.05) is 19.1 Å². The molecule has 1 saturated carbocycles. The summed E-state index contributed by atoms with van der Waals surface area (Å²) in [6.07, 6.45) is 0.